The van der Waals surface area contributed by atoms with Gasteiger partial charge in [-0.05, 0) is 49.5 Å². The average Bonchev–Trinajstić information content (AvgIpc) is 3.33. The largest absolute Gasteiger partial charge is 0.468 e. The molecule has 2 heterocycles. The van der Waals surface area contributed by atoms with Crippen LogP contribution < -0.4 is 5.32 Å². The smallest absolute Gasteiger partial charge is 0.183 e. The molecule has 1 aliphatic heterocycles. The number of nitrogens with one attached hydrogen (secondary N) is 1. The number of furan rings is 1. The maximum Gasteiger partial charge on any atom is 0.183 e. The molecular formula is C20H27FN2O5S2. The van der Waals surface area contributed by atoms with Crippen molar-refractivity contribution in [1.29, 1.82) is 0 Å². The van der Waals surface area contributed by atoms with Gasteiger partial charge in [0.15, 0.2) is 19.7 Å². The highest BCUT2D eigenvalue weighted by atomic mass is 32.2. The van der Waals surface area contributed by atoms with Gasteiger partial charge >= 0.3 is 0 Å². The normalized spacial score (nSPS) is 22.4. The summed E-state index contributed by atoms with van der Waals surface area (Å²) in [5.41, 5.74) is 0. The summed E-state index contributed by atoms with van der Waals surface area (Å²) in [4.78, 5) is 2.07. The van der Waals surface area contributed by atoms with Crippen LogP contribution in [-0.4, -0.2) is 64.2 Å². The van der Waals surface area contributed by atoms with Gasteiger partial charge in [0.05, 0.1) is 34.0 Å². The second-order valence-electron chi connectivity index (χ2n) is 7.38. The third kappa shape index (κ3) is 4.93. The average molecular weight is 459 g/mol. The fourth-order valence-corrected chi connectivity index (χ4v) is 8.65. The minimum Gasteiger partial charge on any atom is -0.468 e. The topological polar surface area (TPSA) is 96.7 Å². The van der Waals surface area contributed by atoms with Crippen molar-refractivity contribution in [3.63, 3.8) is 0 Å². The molecular weight excluding hydrogens is 431 g/mol. The van der Waals surface area contributed by atoms with Gasteiger partial charge in [-0.25, -0.2) is 21.2 Å². The monoisotopic (exact) mass is 458 g/mol. The van der Waals surface area contributed by atoms with E-state index in [-0.39, 0.29) is 16.7 Å². The number of nitrogens with zero attached hydrogens (tertiary/aromatic N) is 1. The summed E-state index contributed by atoms with van der Waals surface area (Å²) in [6, 6.07) is 7.18. The highest BCUT2D eigenvalue weighted by Gasteiger charge is 2.46. The van der Waals surface area contributed by atoms with Crippen LogP contribution in [-0.2, 0) is 19.7 Å². The molecule has 166 valence electrons. The summed E-state index contributed by atoms with van der Waals surface area (Å²) in [7, 11) is -7.48. The molecule has 0 radical (unpaired) electrons. The molecule has 1 saturated heterocycles. The van der Waals surface area contributed by atoms with E-state index in [0.717, 1.165) is 31.0 Å². The van der Waals surface area contributed by atoms with Crippen LogP contribution in [0.2, 0.25) is 0 Å². The quantitative estimate of drug-likeness (QED) is 0.574. The highest BCUT2D eigenvalue weighted by Crippen LogP contribution is 2.27. The van der Waals surface area contributed by atoms with Crippen LogP contribution in [0.15, 0.2) is 52.0 Å². The molecule has 3 atom stereocenters. The lowest BCUT2D eigenvalue weighted by Crippen LogP contribution is -2.47. The summed E-state index contributed by atoms with van der Waals surface area (Å²) in [5.74, 6) is -0.546. The molecule has 1 fully saturated rings. The van der Waals surface area contributed by atoms with E-state index in [9.17, 15) is 21.2 Å². The van der Waals surface area contributed by atoms with Crippen LogP contribution in [0.3, 0.4) is 0 Å². The highest BCUT2D eigenvalue weighted by molar-refractivity contribution is 7.96. The third-order valence-electron chi connectivity index (χ3n) is 5.54. The number of rotatable bonds is 9. The standard InChI is InChI=1S/C20H27FN2O5S2/c1-3-23(4-2)18(19-6-5-11-28-19)12-22-17-13-29(24,25)14-20(17)30(26,27)16-9-7-15(21)8-10-16/h5-11,17-18,20,22H,3-4,12-14H2,1-2H3/t17-,18?,20-/m0/s1. The van der Waals surface area contributed by atoms with Gasteiger partial charge in [0, 0.05) is 12.6 Å². The minimum atomic E-state index is -3.95. The van der Waals surface area contributed by atoms with Crippen molar-refractivity contribution in [3.8, 4) is 0 Å². The molecule has 3 rings (SSSR count). The number of likely N-dealkylation sites (N-methyl/N-ethyl adjacent to an activating group) is 1. The van der Waals surface area contributed by atoms with Gasteiger partial charge < -0.3 is 9.73 Å². The van der Waals surface area contributed by atoms with E-state index >= 15 is 0 Å². The second-order valence-corrected chi connectivity index (χ2v) is 11.7. The maximum atomic E-state index is 13.2. The zero-order valence-electron chi connectivity index (χ0n) is 17.0. The van der Waals surface area contributed by atoms with Crippen LogP contribution in [0.1, 0.15) is 25.6 Å². The minimum absolute atomic E-state index is 0.0795. The predicted octanol–water partition coefficient (Wildman–Crippen LogP) is 2.03. The Morgan fingerprint density at radius 2 is 1.83 bits per heavy atom. The van der Waals surface area contributed by atoms with Crippen molar-refractivity contribution in [2.45, 2.75) is 36.1 Å². The van der Waals surface area contributed by atoms with Gasteiger partial charge in [-0.15, -0.1) is 0 Å². The second kappa shape index (κ2) is 9.17. The lowest BCUT2D eigenvalue weighted by Gasteiger charge is -2.30. The molecule has 1 aliphatic rings. The van der Waals surface area contributed by atoms with E-state index < -0.39 is 42.5 Å². The molecule has 0 bridgehead atoms. The Balaban J connectivity index is 1.84. The van der Waals surface area contributed by atoms with Crippen LogP contribution >= 0.6 is 0 Å². The molecule has 1 aromatic heterocycles. The maximum absolute atomic E-state index is 13.2. The first-order valence-electron chi connectivity index (χ1n) is 9.88. The van der Waals surface area contributed by atoms with Gasteiger partial charge in [-0.2, -0.15) is 0 Å². The molecule has 1 unspecified atom stereocenters. The molecule has 2 aromatic rings. The molecule has 0 amide bonds. The van der Waals surface area contributed by atoms with E-state index in [0.29, 0.717) is 6.54 Å². The Morgan fingerprint density at radius 3 is 2.40 bits per heavy atom. The van der Waals surface area contributed by atoms with Crippen molar-refractivity contribution in [2.75, 3.05) is 31.1 Å². The Labute approximate surface area is 177 Å². The fraction of sp³-hybridized carbons (Fsp3) is 0.500. The number of halogens is 1. The van der Waals surface area contributed by atoms with Gasteiger partial charge in [0.25, 0.3) is 0 Å². The summed E-state index contributed by atoms with van der Waals surface area (Å²) >= 11 is 0. The molecule has 10 heteroatoms. The lowest BCUT2D eigenvalue weighted by molar-refractivity contribution is 0.185. The molecule has 7 nitrogen and oxygen atoms in total. The number of hydrogen-bond acceptors (Lipinski definition) is 7. The zero-order chi connectivity index (χ0) is 21.9. The molecule has 0 saturated carbocycles. The Morgan fingerprint density at radius 1 is 1.17 bits per heavy atom. The molecule has 0 aliphatic carbocycles. The van der Waals surface area contributed by atoms with E-state index in [1.807, 2.05) is 19.9 Å². The van der Waals surface area contributed by atoms with Gasteiger partial charge in [0.2, 0.25) is 0 Å². The molecule has 1 aromatic carbocycles. The van der Waals surface area contributed by atoms with Crippen LogP contribution in [0.5, 0.6) is 0 Å². The van der Waals surface area contributed by atoms with Crippen molar-refractivity contribution in [3.05, 3.63) is 54.2 Å². The fourth-order valence-electron chi connectivity index (χ4n) is 3.93. The number of hydrogen-bond donors (Lipinski definition) is 1. The van der Waals surface area contributed by atoms with E-state index in [1.165, 1.54) is 12.1 Å². The van der Waals surface area contributed by atoms with E-state index in [1.54, 1.807) is 12.3 Å². The first-order chi connectivity index (χ1) is 14.2. The summed E-state index contributed by atoms with van der Waals surface area (Å²) in [6.45, 7) is 5.88. The predicted molar refractivity (Wildman–Crippen MR) is 112 cm³/mol. The Kier molecular flexibility index (Phi) is 7.01. The van der Waals surface area contributed by atoms with Crippen molar-refractivity contribution >= 4 is 19.7 Å². The van der Waals surface area contributed by atoms with Crippen LogP contribution in [0.4, 0.5) is 4.39 Å². The Bertz CT molecular complexity index is 1030. The van der Waals surface area contributed by atoms with Gasteiger partial charge in [-0.1, -0.05) is 13.8 Å². The van der Waals surface area contributed by atoms with E-state index in [2.05, 4.69) is 10.2 Å². The van der Waals surface area contributed by atoms with Gasteiger partial charge in [-0.3, -0.25) is 4.90 Å². The van der Waals surface area contributed by atoms with Crippen molar-refractivity contribution in [1.82, 2.24) is 10.2 Å². The van der Waals surface area contributed by atoms with Crippen LogP contribution in [0, 0.1) is 5.82 Å². The SMILES string of the molecule is CCN(CC)C(CN[C@H]1CS(=O)(=O)C[C@@H]1S(=O)(=O)c1ccc(F)cc1)c1ccco1. The molecule has 1 N–H and O–H groups in total. The molecule has 30 heavy (non-hydrogen) atoms. The Hall–Kier alpha value is -1.75. The third-order valence-corrected chi connectivity index (χ3v) is 9.71. The van der Waals surface area contributed by atoms with Crippen LogP contribution in [0.25, 0.3) is 0 Å². The van der Waals surface area contributed by atoms with E-state index in [4.69, 9.17) is 4.42 Å². The first-order valence-corrected chi connectivity index (χ1v) is 13.3. The molecule has 0 spiro atoms. The summed E-state index contributed by atoms with van der Waals surface area (Å²) < 4.78 is 69.6. The number of benzene rings is 1. The van der Waals surface area contributed by atoms with Crippen molar-refractivity contribution in [2.24, 2.45) is 0 Å². The van der Waals surface area contributed by atoms with Crippen molar-refractivity contribution < 1.29 is 25.6 Å². The zero-order valence-corrected chi connectivity index (χ0v) is 18.6. The summed E-state index contributed by atoms with van der Waals surface area (Å²) in [6.07, 6.45) is 1.58. The number of sulfone groups is 2. The summed E-state index contributed by atoms with van der Waals surface area (Å²) in [5, 5.41) is 2.04. The first kappa shape index (κ1) is 22.9. The van der Waals surface area contributed by atoms with Gasteiger partial charge in [0.1, 0.15) is 11.6 Å². The lowest BCUT2D eigenvalue weighted by atomic mass is 10.1.